The van der Waals surface area contributed by atoms with Gasteiger partial charge in [0.2, 0.25) is 5.95 Å². The lowest BCUT2D eigenvalue weighted by Gasteiger charge is -2.13. The second-order valence-electron chi connectivity index (χ2n) is 4.57. The minimum absolute atomic E-state index is 0.0672. The molecule has 23 heavy (non-hydrogen) atoms. The molecule has 118 valence electrons. The molecule has 3 N–H and O–H groups in total. The van der Waals surface area contributed by atoms with Crippen molar-refractivity contribution in [3.05, 3.63) is 34.9 Å². The molecule has 7 nitrogen and oxygen atoms in total. The molecule has 0 fully saturated rings. The van der Waals surface area contributed by atoms with Crippen molar-refractivity contribution in [1.29, 1.82) is 5.26 Å². The number of nitrogens with two attached hydrogens (primary N) is 1. The molecule has 2 aromatic rings. The molecule has 1 heterocycles. The van der Waals surface area contributed by atoms with E-state index in [-0.39, 0.29) is 5.95 Å². The van der Waals surface area contributed by atoms with E-state index in [1.807, 2.05) is 6.92 Å². The zero-order valence-electron chi connectivity index (χ0n) is 12.9. The SMILES string of the molecule is COC(=O)c1ccc(C)c(Nc2nc(N)nc(SC)c2C#N)c1. The fourth-order valence-corrected chi connectivity index (χ4v) is 2.46. The van der Waals surface area contributed by atoms with Crippen LogP contribution in [0.4, 0.5) is 17.5 Å². The number of esters is 1. The lowest BCUT2D eigenvalue weighted by molar-refractivity contribution is 0.0601. The Labute approximate surface area is 137 Å². The van der Waals surface area contributed by atoms with E-state index in [9.17, 15) is 10.1 Å². The van der Waals surface area contributed by atoms with Crippen LogP contribution in [0.25, 0.3) is 0 Å². The average Bonchev–Trinajstić information content (AvgIpc) is 2.55. The first kappa shape index (κ1) is 16.6. The normalized spacial score (nSPS) is 10.0. The van der Waals surface area contributed by atoms with Gasteiger partial charge >= 0.3 is 5.97 Å². The fraction of sp³-hybridized carbons (Fsp3) is 0.200. The fourth-order valence-electron chi connectivity index (χ4n) is 1.92. The maximum Gasteiger partial charge on any atom is 0.337 e. The van der Waals surface area contributed by atoms with Crippen LogP contribution in [0.1, 0.15) is 21.5 Å². The minimum Gasteiger partial charge on any atom is -0.465 e. The van der Waals surface area contributed by atoms with E-state index < -0.39 is 5.97 Å². The largest absolute Gasteiger partial charge is 0.465 e. The number of nitrogens with one attached hydrogen (secondary N) is 1. The van der Waals surface area contributed by atoms with Gasteiger partial charge in [-0.05, 0) is 30.9 Å². The zero-order chi connectivity index (χ0) is 17.0. The van der Waals surface area contributed by atoms with Crippen molar-refractivity contribution in [1.82, 2.24) is 9.97 Å². The molecule has 8 heteroatoms. The number of hydrogen-bond acceptors (Lipinski definition) is 8. The highest BCUT2D eigenvalue weighted by molar-refractivity contribution is 7.98. The number of benzene rings is 1. The molecule has 0 spiro atoms. The zero-order valence-corrected chi connectivity index (χ0v) is 13.7. The first-order chi connectivity index (χ1) is 11.0. The van der Waals surface area contributed by atoms with Gasteiger partial charge in [-0.1, -0.05) is 6.07 Å². The van der Waals surface area contributed by atoms with Crippen molar-refractivity contribution in [3.8, 4) is 6.07 Å². The average molecular weight is 329 g/mol. The Morgan fingerprint density at radius 3 is 2.78 bits per heavy atom. The van der Waals surface area contributed by atoms with Gasteiger partial charge in [-0.15, -0.1) is 11.8 Å². The van der Waals surface area contributed by atoms with Gasteiger partial charge in [0.05, 0.1) is 12.7 Å². The number of aryl methyl sites for hydroxylation is 1. The summed E-state index contributed by atoms with van der Waals surface area (Å²) in [4.78, 5) is 19.8. The highest BCUT2D eigenvalue weighted by Crippen LogP contribution is 2.28. The third-order valence-corrected chi connectivity index (χ3v) is 3.79. The first-order valence-electron chi connectivity index (χ1n) is 6.57. The summed E-state index contributed by atoms with van der Waals surface area (Å²) in [6, 6.07) is 7.16. The van der Waals surface area contributed by atoms with Crippen LogP contribution in [0.3, 0.4) is 0 Å². The Balaban J connectivity index is 2.49. The number of thioether (sulfide) groups is 1. The Kier molecular flexibility index (Phi) is 5.03. The number of anilines is 3. The van der Waals surface area contributed by atoms with E-state index in [0.29, 0.717) is 27.7 Å². The summed E-state index contributed by atoms with van der Waals surface area (Å²) < 4.78 is 4.71. The third kappa shape index (κ3) is 3.52. The summed E-state index contributed by atoms with van der Waals surface area (Å²) in [6.07, 6.45) is 1.80. The van der Waals surface area contributed by atoms with Crippen molar-refractivity contribution >= 4 is 35.2 Å². The van der Waals surface area contributed by atoms with Gasteiger partial charge in [0.25, 0.3) is 0 Å². The van der Waals surface area contributed by atoms with E-state index >= 15 is 0 Å². The number of carbonyl (C=O) groups is 1. The number of rotatable bonds is 4. The van der Waals surface area contributed by atoms with E-state index in [1.165, 1.54) is 18.9 Å². The van der Waals surface area contributed by atoms with E-state index in [0.717, 1.165) is 5.56 Å². The number of nitriles is 1. The highest BCUT2D eigenvalue weighted by Gasteiger charge is 2.15. The number of aromatic nitrogens is 2. The summed E-state index contributed by atoms with van der Waals surface area (Å²) in [7, 11) is 1.32. The van der Waals surface area contributed by atoms with Gasteiger partial charge in [-0.3, -0.25) is 0 Å². The Hall–Kier alpha value is -2.79. The lowest BCUT2D eigenvalue weighted by atomic mass is 10.1. The van der Waals surface area contributed by atoms with Crippen LogP contribution in [-0.2, 0) is 4.74 Å². The van der Waals surface area contributed by atoms with Crippen molar-refractivity contribution in [2.24, 2.45) is 0 Å². The van der Waals surface area contributed by atoms with Crippen LogP contribution in [0, 0.1) is 18.3 Å². The standard InChI is InChI=1S/C15H15N5O2S/c1-8-4-5-9(14(21)22-2)6-11(8)18-12-10(7-16)13(23-3)20-15(17)19-12/h4-6H,1-3H3,(H3,17,18,19,20). The third-order valence-electron chi connectivity index (χ3n) is 3.11. The predicted octanol–water partition coefficient (Wildman–Crippen LogP) is 2.49. The van der Waals surface area contributed by atoms with Gasteiger partial charge in [0.15, 0.2) is 5.82 Å². The molecule has 0 amide bonds. The summed E-state index contributed by atoms with van der Waals surface area (Å²) in [6.45, 7) is 1.87. The maximum absolute atomic E-state index is 11.7. The molecule has 0 aliphatic carbocycles. The Bertz CT molecular complexity index is 801. The summed E-state index contributed by atoms with van der Waals surface area (Å²) >= 11 is 1.31. The van der Waals surface area contributed by atoms with E-state index in [1.54, 1.807) is 24.5 Å². The quantitative estimate of drug-likeness (QED) is 0.499. The van der Waals surface area contributed by atoms with Crippen molar-refractivity contribution < 1.29 is 9.53 Å². The van der Waals surface area contributed by atoms with Crippen molar-refractivity contribution in [2.75, 3.05) is 24.4 Å². The molecule has 0 saturated heterocycles. The Morgan fingerprint density at radius 2 is 2.17 bits per heavy atom. The molecule has 2 rings (SSSR count). The van der Waals surface area contributed by atoms with Crippen LogP contribution in [0.15, 0.2) is 23.2 Å². The summed E-state index contributed by atoms with van der Waals surface area (Å²) in [5.74, 6) is -0.0762. The molecular weight excluding hydrogens is 314 g/mol. The lowest BCUT2D eigenvalue weighted by Crippen LogP contribution is -2.07. The summed E-state index contributed by atoms with van der Waals surface area (Å²) in [5.41, 5.74) is 7.90. The van der Waals surface area contributed by atoms with E-state index in [2.05, 4.69) is 21.4 Å². The monoisotopic (exact) mass is 329 g/mol. The van der Waals surface area contributed by atoms with Crippen LogP contribution in [-0.4, -0.2) is 29.3 Å². The second kappa shape index (κ2) is 6.98. The summed E-state index contributed by atoms with van der Waals surface area (Å²) in [5, 5.41) is 12.9. The van der Waals surface area contributed by atoms with Gasteiger partial charge < -0.3 is 15.8 Å². The predicted molar refractivity (Wildman–Crippen MR) is 88.7 cm³/mol. The molecular formula is C15H15N5O2S. The van der Waals surface area contributed by atoms with Gasteiger partial charge in [-0.25, -0.2) is 9.78 Å². The minimum atomic E-state index is -0.444. The van der Waals surface area contributed by atoms with Gasteiger partial charge in [-0.2, -0.15) is 10.2 Å². The molecule has 0 atom stereocenters. The molecule has 0 saturated carbocycles. The number of carbonyl (C=O) groups excluding carboxylic acids is 1. The molecule has 0 radical (unpaired) electrons. The van der Waals surface area contributed by atoms with Crippen LogP contribution in [0.5, 0.6) is 0 Å². The Morgan fingerprint density at radius 1 is 1.43 bits per heavy atom. The van der Waals surface area contributed by atoms with E-state index in [4.69, 9.17) is 10.5 Å². The van der Waals surface area contributed by atoms with Crippen molar-refractivity contribution in [2.45, 2.75) is 11.9 Å². The second-order valence-corrected chi connectivity index (χ2v) is 5.37. The smallest absolute Gasteiger partial charge is 0.337 e. The topological polar surface area (TPSA) is 114 Å². The molecule has 0 aliphatic rings. The highest BCUT2D eigenvalue weighted by atomic mass is 32.2. The number of ether oxygens (including phenoxy) is 1. The van der Waals surface area contributed by atoms with Gasteiger partial charge in [0, 0.05) is 5.69 Å². The molecule has 1 aromatic heterocycles. The molecule has 0 aliphatic heterocycles. The number of methoxy groups -OCH3 is 1. The maximum atomic E-state index is 11.7. The number of nitrogen functional groups attached to an aromatic ring is 1. The first-order valence-corrected chi connectivity index (χ1v) is 7.80. The molecule has 0 bridgehead atoms. The molecule has 1 aromatic carbocycles. The number of hydrogen-bond donors (Lipinski definition) is 2. The number of nitrogens with zero attached hydrogens (tertiary/aromatic N) is 3. The van der Waals surface area contributed by atoms with Crippen LogP contribution < -0.4 is 11.1 Å². The van der Waals surface area contributed by atoms with Gasteiger partial charge in [0.1, 0.15) is 16.7 Å². The molecule has 0 unspecified atom stereocenters. The van der Waals surface area contributed by atoms with Crippen LogP contribution >= 0.6 is 11.8 Å². The van der Waals surface area contributed by atoms with Crippen molar-refractivity contribution in [3.63, 3.8) is 0 Å². The van der Waals surface area contributed by atoms with Crippen LogP contribution in [0.2, 0.25) is 0 Å².